The molecule has 806 valence electrons. The van der Waals surface area contributed by atoms with Crippen LogP contribution in [0.5, 0.6) is 0 Å². The lowest BCUT2D eigenvalue weighted by atomic mass is 9.70. The highest BCUT2D eigenvalue weighted by Crippen LogP contribution is 2.53. The van der Waals surface area contributed by atoms with Gasteiger partial charge in [0.1, 0.15) is 76.9 Å². The Kier molecular flexibility index (Phi) is 42.4. The van der Waals surface area contributed by atoms with Crippen LogP contribution in [0.1, 0.15) is 224 Å². The molecule has 0 bridgehead atoms. The van der Waals surface area contributed by atoms with Gasteiger partial charge in [0.2, 0.25) is 0 Å². The summed E-state index contributed by atoms with van der Waals surface area (Å²) in [4.78, 5) is 170. The second kappa shape index (κ2) is 48.2. The maximum absolute atomic E-state index is 14.2. The second-order valence-corrected chi connectivity index (χ2v) is 48.6. The molecule has 6 unspecified atom stereocenters. The Morgan fingerprint density at radius 1 is 0.393 bits per heavy atom. The molecule has 0 amide bonds. The number of rotatable bonds is 18. The first kappa shape index (κ1) is 123. The molecule has 5 N–H and O–H groups in total. The van der Waals surface area contributed by atoms with Gasteiger partial charge in [0.25, 0.3) is 0 Å². The number of quaternary nitrogens is 1. The second-order valence-electron chi connectivity index (χ2n) is 43.3. The van der Waals surface area contributed by atoms with E-state index in [1.54, 1.807) is 103 Å². The molecule has 9 saturated heterocycles. The van der Waals surface area contributed by atoms with E-state index in [2.05, 4.69) is 0 Å². The molecular weight excluding hydrogens is 1890 g/mol. The van der Waals surface area contributed by atoms with Crippen LogP contribution in [0.15, 0.2) is 0 Å². The van der Waals surface area contributed by atoms with E-state index in [0.29, 0.717) is 25.7 Å². The van der Waals surface area contributed by atoms with E-state index in [1.165, 1.54) is 67.7 Å². The topological polar surface area (TPSA) is 513 Å². The van der Waals surface area contributed by atoms with Crippen LogP contribution in [-0.4, -0.2) is 360 Å². The summed E-state index contributed by atoms with van der Waals surface area (Å²) < 4.78 is 143. The Hall–Kier alpha value is -5.55. The van der Waals surface area contributed by atoms with Gasteiger partial charge in [-0.2, -0.15) is 0 Å². The van der Waals surface area contributed by atoms with Crippen LogP contribution in [0.4, 0.5) is 0 Å². The summed E-state index contributed by atoms with van der Waals surface area (Å²) in [5, 5.41) is 29.9. The molecule has 42 atom stereocenters. The number of fused-ring (bicyclic) bond motifs is 3. The SMILES string of the molecule is CC[C@H]1OC(=O)[C@H](C)C(=O)[C@H](C)[C@@H](O[C@@H]2O[C@H](C)C[C@H](N(C)C)[C@H]2O)[C@](C)(OC)C[C@@H](C)C(=O)[C@H](C)C2C(S(C)(=O)=O)C(=O)O[C@@]21C.CC[C@H]1OC(=O)[C@H](C)C(=O)[C@H](C)[C@@H](O[C@@H]2O[C@H](C)C[C@H](N(C)C)[C@H]2O)[C@](C)(OC)C[C@@H](C)C(=O)[C@H](C)C2C(SC)C(=O)O[C@@]21C.CC[C@H]1OC(=O)[C@H](C)C(=O)[C@H](C)[C@@H](O[C@@H]2O[C@H](C)C[C@H]([NH+](C)C)[C@H]2O)[C@](C)(OC)C[C@@H](C)C(=O)[C@H](C)C2C(S(C)(=O)=O)C(=O)O[C@@]21C.[OH-]. The lowest BCUT2D eigenvalue weighted by Crippen LogP contribution is -3.12. The van der Waals surface area contributed by atoms with Gasteiger partial charge in [-0.05, 0) is 169 Å². The zero-order valence-electron chi connectivity index (χ0n) is 89.2. The summed E-state index contributed by atoms with van der Waals surface area (Å²) in [6, 6.07) is -0.790. The van der Waals surface area contributed by atoms with Crippen molar-refractivity contribution in [2.75, 3.05) is 82.4 Å². The summed E-state index contributed by atoms with van der Waals surface area (Å²) >= 11 is 1.31. The number of ether oxygens (including phenoxy) is 15. The smallest absolute Gasteiger partial charge is 0.325 e. The van der Waals surface area contributed by atoms with E-state index in [9.17, 15) is 89.7 Å². The first-order valence-electron chi connectivity index (χ1n) is 49.2. The summed E-state index contributed by atoms with van der Waals surface area (Å²) in [5.41, 5.74) is -8.52. The maximum atomic E-state index is 14.2. The normalized spacial score (nSPS) is 44.5. The van der Waals surface area contributed by atoms with Crippen LogP contribution in [0, 0.1) is 88.8 Å². The van der Waals surface area contributed by atoms with Crippen LogP contribution in [0.2, 0.25) is 0 Å². The molecule has 0 radical (unpaired) electrons. The lowest BCUT2D eigenvalue weighted by molar-refractivity contribution is -0.893. The third-order valence-electron chi connectivity index (χ3n) is 32.2. The fourth-order valence-electron chi connectivity index (χ4n) is 23.9. The summed E-state index contributed by atoms with van der Waals surface area (Å²) in [7, 11) is 7.47. The molecule has 9 rings (SSSR count). The van der Waals surface area contributed by atoms with E-state index >= 15 is 0 Å². The number of hydrogen-bond acceptors (Lipinski definition) is 38. The van der Waals surface area contributed by atoms with Gasteiger partial charge < -0.3 is 107 Å². The number of likely N-dealkylation sites (N-methyl/N-ethyl adjacent to an activating group) is 3. The third-order valence-corrected chi connectivity index (χ3v) is 36.0. The maximum Gasteiger partial charge on any atom is 0.325 e. The van der Waals surface area contributed by atoms with E-state index in [-0.39, 0.29) is 91.4 Å². The van der Waals surface area contributed by atoms with Crippen molar-refractivity contribution in [3.63, 3.8) is 0 Å². The monoisotopic (exact) mass is 2050 g/mol. The predicted molar refractivity (Wildman–Crippen MR) is 512 cm³/mol. The minimum atomic E-state index is -4.06. The molecule has 41 heteroatoms. The fourth-order valence-corrected chi connectivity index (χ4v) is 27.9. The number of aliphatic hydroxyl groups is 3. The van der Waals surface area contributed by atoms with E-state index in [1.807, 2.05) is 86.7 Å². The van der Waals surface area contributed by atoms with Gasteiger partial charge in [0, 0.05) is 123 Å². The van der Waals surface area contributed by atoms with Crippen molar-refractivity contribution in [1.82, 2.24) is 9.80 Å². The highest BCUT2D eigenvalue weighted by Gasteiger charge is 2.68. The van der Waals surface area contributed by atoms with Crippen molar-refractivity contribution in [3.05, 3.63) is 0 Å². The largest absolute Gasteiger partial charge is 0.870 e. The number of carbonyl (C=O) groups excluding carboxylic acids is 12. The number of esters is 6. The number of thioether (sulfide) groups is 1. The van der Waals surface area contributed by atoms with Crippen molar-refractivity contribution in [1.29, 1.82) is 0 Å². The standard InChI is InChI=1S/2C33H55NO12S.C33H55NO10S.H2O/c2*1-13-22-33(8)23(27(30(39)46-33)47(12,40)41)18(4)24(35)16(2)15-32(7,42-11)28(19(5)25(36)20(6)29(38)44-22)45-31-26(37)21(34(9)10)14-17(3)43-31;1-13-22-33(8)23(27(45-12)30(39)44-33)18(4)24(35)16(2)15-32(7,40-11)28(19(5)25(36)20(6)29(38)42-22)43-31-26(37)21(34(9)10)14-17(3)41-31;/h2*16-23,26-28,31,37H,13-15H2,1-12H3;16-23,26-28,31,37H,13-15H2,1-12H3;1H2/t3*16-,17-,18-,19+,20-,21+,22-,23?,26-,27?,28-,31+,32-,33-;/m111./s1. The van der Waals surface area contributed by atoms with Crippen molar-refractivity contribution in [3.8, 4) is 0 Å². The van der Waals surface area contributed by atoms with Crippen LogP contribution in [0.25, 0.3) is 0 Å². The van der Waals surface area contributed by atoms with Gasteiger partial charge in [-0.15, -0.1) is 11.8 Å². The minimum Gasteiger partial charge on any atom is -0.870 e. The van der Waals surface area contributed by atoms with Crippen molar-refractivity contribution >= 4 is 102 Å². The third kappa shape index (κ3) is 25.5. The predicted octanol–water partition coefficient (Wildman–Crippen LogP) is 5.59. The van der Waals surface area contributed by atoms with Crippen molar-refractivity contribution < 1.29 is 171 Å². The molecule has 0 aromatic rings. The average molecular weight is 2060 g/mol. The number of hydrogen-bond donors (Lipinski definition) is 4. The highest BCUT2D eigenvalue weighted by atomic mass is 32.2. The van der Waals surface area contributed by atoms with Crippen LogP contribution >= 0.6 is 11.8 Å². The van der Waals surface area contributed by atoms with E-state index in [0.717, 1.165) is 17.4 Å². The Labute approximate surface area is 833 Å². The molecule has 9 aliphatic rings. The number of sulfone groups is 2. The van der Waals surface area contributed by atoms with Crippen molar-refractivity contribution in [2.24, 2.45) is 88.8 Å². The summed E-state index contributed by atoms with van der Waals surface area (Å²) in [6.45, 7) is 39.9. The van der Waals surface area contributed by atoms with Gasteiger partial charge in [-0.25, -0.2) is 16.8 Å². The van der Waals surface area contributed by atoms with E-state index < -0.39 is 285 Å². The van der Waals surface area contributed by atoms with Crippen LogP contribution in [0.3, 0.4) is 0 Å². The van der Waals surface area contributed by atoms with Crippen LogP contribution < -0.4 is 4.90 Å². The zero-order valence-corrected chi connectivity index (χ0v) is 91.7. The summed E-state index contributed by atoms with van der Waals surface area (Å²) in [6.07, 6.45) is -7.63. The Morgan fingerprint density at radius 2 is 0.650 bits per heavy atom. The molecule has 0 aliphatic carbocycles. The van der Waals surface area contributed by atoms with Crippen LogP contribution in [-0.2, 0) is 148 Å². The Bertz CT molecular complexity index is 4400. The Balaban J connectivity index is 0.000000321. The molecule has 38 nitrogen and oxygen atoms in total. The number of Topliss-reactive ketones (excluding diaryl/α,β-unsaturated/α-hetero) is 6. The number of ketones is 6. The first-order chi connectivity index (χ1) is 64.0. The van der Waals surface area contributed by atoms with Gasteiger partial charge in [0.15, 0.2) is 89.3 Å². The zero-order chi connectivity index (χ0) is 106. The molecule has 9 aliphatic heterocycles. The Morgan fingerprint density at radius 3 is 0.900 bits per heavy atom. The molecule has 140 heavy (non-hydrogen) atoms. The number of nitrogens with zero attached hydrogens (tertiary/aromatic N) is 2. The van der Waals surface area contributed by atoms with Gasteiger partial charge in [0.05, 0.1) is 67.5 Å². The molecular formula is C99H167N3O35S3. The van der Waals surface area contributed by atoms with Gasteiger partial charge >= 0.3 is 35.8 Å². The number of aliphatic hydroxyl groups excluding tert-OH is 3. The minimum absolute atomic E-state index is 0. The molecule has 9 fully saturated rings. The summed E-state index contributed by atoms with van der Waals surface area (Å²) in [5.74, 6) is -21.9. The number of methoxy groups -OCH3 is 3. The fraction of sp³-hybridized carbons (Fsp3) is 0.879. The number of cyclic esters (lactones) is 3. The molecule has 0 saturated carbocycles. The lowest BCUT2D eigenvalue weighted by Gasteiger charge is -2.47. The van der Waals surface area contributed by atoms with Crippen molar-refractivity contribution in [2.45, 2.75) is 384 Å². The molecule has 0 aromatic heterocycles. The number of carbonyl (C=O) groups is 12. The van der Waals surface area contributed by atoms with E-state index in [4.69, 9.17) is 71.1 Å². The van der Waals surface area contributed by atoms with Gasteiger partial charge in [-0.1, -0.05) is 83.1 Å². The quantitative estimate of drug-likeness (QED) is 0.0737. The number of nitrogens with one attached hydrogen (secondary N) is 1. The molecule has 9 heterocycles. The molecule has 0 spiro atoms. The molecule has 0 aromatic carbocycles. The average Bonchev–Trinajstić information content (AvgIpc) is 1.58. The highest BCUT2D eigenvalue weighted by molar-refractivity contribution is 8.00. The first-order valence-corrected chi connectivity index (χ1v) is 54.4. The van der Waals surface area contributed by atoms with Gasteiger partial charge in [-0.3, -0.25) is 57.5 Å².